The molecule has 0 radical (unpaired) electrons. The maximum Gasteiger partial charge on any atom is 0.164 e. The van der Waals surface area contributed by atoms with Crippen LogP contribution in [0.2, 0.25) is 0 Å². The number of benzene rings is 1. The number of rotatable bonds is 2. The molecule has 84 valence electrons. The molecule has 0 unspecified atom stereocenters. The Labute approximate surface area is 95.1 Å². The lowest BCUT2D eigenvalue weighted by atomic mass is 10.1. The number of nitrogens with zero attached hydrogens (tertiary/aromatic N) is 3. The summed E-state index contributed by atoms with van der Waals surface area (Å²) in [4.78, 5) is 0. The fraction of sp³-hybridized carbons (Fsp3) is 0.333. The number of aromatic nitrogens is 3. The average molecular weight is 216 g/mol. The Bertz CT molecular complexity index is 514. The van der Waals surface area contributed by atoms with Gasteiger partial charge in [-0.3, -0.25) is 0 Å². The number of aryl methyl sites for hydroxylation is 2. The number of hydrogen-bond acceptors (Lipinski definition) is 3. The largest absolute Gasteiger partial charge is 0.399 e. The number of nitrogens with two attached hydrogens (primary N) is 1. The van der Waals surface area contributed by atoms with Gasteiger partial charge in [0.2, 0.25) is 0 Å². The minimum absolute atomic E-state index is 0.754. The van der Waals surface area contributed by atoms with Crippen LogP contribution in [0.5, 0.6) is 0 Å². The van der Waals surface area contributed by atoms with Crippen molar-refractivity contribution in [2.24, 2.45) is 0 Å². The second-order valence-electron chi connectivity index (χ2n) is 3.89. The fourth-order valence-corrected chi connectivity index (χ4v) is 1.84. The van der Waals surface area contributed by atoms with Crippen LogP contribution in [0.1, 0.15) is 18.3 Å². The zero-order valence-electron chi connectivity index (χ0n) is 9.86. The Morgan fingerprint density at radius 2 is 2.00 bits per heavy atom. The maximum atomic E-state index is 5.81. The van der Waals surface area contributed by atoms with Crippen LogP contribution in [-0.4, -0.2) is 14.8 Å². The highest BCUT2D eigenvalue weighted by molar-refractivity contribution is 5.65. The van der Waals surface area contributed by atoms with Gasteiger partial charge >= 0.3 is 0 Å². The predicted octanol–water partition coefficient (Wildman–Crippen LogP) is 2.16. The molecule has 1 heterocycles. The summed E-state index contributed by atoms with van der Waals surface area (Å²) < 4.78 is 2.09. The Hall–Kier alpha value is -1.84. The lowest BCUT2D eigenvalue weighted by Gasteiger charge is -2.08. The van der Waals surface area contributed by atoms with E-state index in [1.807, 2.05) is 25.1 Å². The number of nitrogen functional groups attached to an aromatic ring is 1. The smallest absolute Gasteiger partial charge is 0.164 e. The summed E-state index contributed by atoms with van der Waals surface area (Å²) in [6.45, 7) is 6.96. The second-order valence-corrected chi connectivity index (χ2v) is 3.89. The average Bonchev–Trinajstić information content (AvgIpc) is 2.63. The maximum absolute atomic E-state index is 5.81. The molecule has 0 aliphatic carbocycles. The molecule has 0 aliphatic heterocycles. The summed E-state index contributed by atoms with van der Waals surface area (Å²) in [5.74, 6) is 1.82. The molecule has 2 aromatic rings. The third-order valence-corrected chi connectivity index (χ3v) is 2.75. The van der Waals surface area contributed by atoms with E-state index in [1.54, 1.807) is 0 Å². The van der Waals surface area contributed by atoms with Gasteiger partial charge in [-0.2, -0.15) is 0 Å². The van der Waals surface area contributed by atoms with E-state index < -0.39 is 0 Å². The molecule has 2 N–H and O–H groups in total. The zero-order chi connectivity index (χ0) is 11.7. The highest BCUT2D eigenvalue weighted by atomic mass is 15.3. The Kier molecular flexibility index (Phi) is 2.64. The van der Waals surface area contributed by atoms with Gasteiger partial charge in [-0.1, -0.05) is 6.07 Å². The zero-order valence-corrected chi connectivity index (χ0v) is 9.86. The summed E-state index contributed by atoms with van der Waals surface area (Å²) in [7, 11) is 0. The van der Waals surface area contributed by atoms with E-state index in [1.165, 1.54) is 0 Å². The molecular weight excluding hydrogens is 200 g/mol. The summed E-state index contributed by atoms with van der Waals surface area (Å²) in [6.07, 6.45) is 0. The highest BCUT2D eigenvalue weighted by Gasteiger charge is 2.11. The van der Waals surface area contributed by atoms with E-state index in [9.17, 15) is 0 Å². The molecule has 0 atom stereocenters. The molecule has 0 aliphatic rings. The molecule has 0 fully saturated rings. The normalized spacial score (nSPS) is 10.7. The van der Waals surface area contributed by atoms with E-state index in [2.05, 4.69) is 28.6 Å². The van der Waals surface area contributed by atoms with Gasteiger partial charge in [0.1, 0.15) is 5.82 Å². The monoisotopic (exact) mass is 216 g/mol. The van der Waals surface area contributed by atoms with E-state index in [-0.39, 0.29) is 0 Å². The van der Waals surface area contributed by atoms with Crippen molar-refractivity contribution in [2.75, 3.05) is 5.73 Å². The fourth-order valence-electron chi connectivity index (χ4n) is 1.84. The first-order valence-corrected chi connectivity index (χ1v) is 5.39. The van der Waals surface area contributed by atoms with Gasteiger partial charge in [0, 0.05) is 17.8 Å². The van der Waals surface area contributed by atoms with Gasteiger partial charge in [0.15, 0.2) is 5.82 Å². The number of hydrogen-bond donors (Lipinski definition) is 1. The molecule has 16 heavy (non-hydrogen) atoms. The minimum Gasteiger partial charge on any atom is -0.399 e. The van der Waals surface area contributed by atoms with Crippen LogP contribution in [-0.2, 0) is 6.54 Å². The van der Waals surface area contributed by atoms with Gasteiger partial charge in [0.25, 0.3) is 0 Å². The van der Waals surface area contributed by atoms with Crippen molar-refractivity contribution in [3.05, 3.63) is 29.6 Å². The van der Waals surface area contributed by atoms with E-state index in [0.717, 1.165) is 35.0 Å². The molecular formula is C12H16N4. The van der Waals surface area contributed by atoms with Crippen LogP contribution in [0.3, 0.4) is 0 Å². The van der Waals surface area contributed by atoms with Crippen LogP contribution in [0.25, 0.3) is 11.4 Å². The first-order chi connectivity index (χ1) is 7.63. The van der Waals surface area contributed by atoms with Crippen LogP contribution in [0, 0.1) is 13.8 Å². The molecule has 1 aromatic heterocycles. The molecule has 0 saturated carbocycles. The summed E-state index contributed by atoms with van der Waals surface area (Å²) >= 11 is 0. The van der Waals surface area contributed by atoms with Crippen molar-refractivity contribution < 1.29 is 0 Å². The van der Waals surface area contributed by atoms with Crippen LogP contribution in [0.4, 0.5) is 5.69 Å². The third-order valence-electron chi connectivity index (χ3n) is 2.75. The molecule has 0 saturated heterocycles. The molecule has 0 spiro atoms. The van der Waals surface area contributed by atoms with Gasteiger partial charge < -0.3 is 10.3 Å². The van der Waals surface area contributed by atoms with Crippen LogP contribution >= 0.6 is 0 Å². The van der Waals surface area contributed by atoms with Crippen LogP contribution < -0.4 is 5.73 Å². The van der Waals surface area contributed by atoms with E-state index >= 15 is 0 Å². The van der Waals surface area contributed by atoms with Crippen molar-refractivity contribution in [2.45, 2.75) is 27.3 Å². The first-order valence-electron chi connectivity index (χ1n) is 5.39. The van der Waals surface area contributed by atoms with Crippen molar-refractivity contribution in [1.29, 1.82) is 0 Å². The molecule has 1 aromatic carbocycles. The molecule has 2 rings (SSSR count). The molecule has 0 bridgehead atoms. The van der Waals surface area contributed by atoms with E-state index in [4.69, 9.17) is 5.73 Å². The Morgan fingerprint density at radius 3 is 2.69 bits per heavy atom. The standard InChI is InChI=1S/C12H16N4/c1-4-16-9(3)14-15-12(16)11-7-10(13)6-5-8(11)2/h5-7H,4,13H2,1-3H3. The molecule has 0 amide bonds. The highest BCUT2D eigenvalue weighted by Crippen LogP contribution is 2.24. The topological polar surface area (TPSA) is 56.7 Å². The lowest BCUT2D eigenvalue weighted by Crippen LogP contribution is -2.01. The lowest BCUT2D eigenvalue weighted by molar-refractivity contribution is 0.736. The Morgan fingerprint density at radius 1 is 1.25 bits per heavy atom. The SMILES string of the molecule is CCn1c(C)nnc1-c1cc(N)ccc1C. The summed E-state index contributed by atoms with van der Waals surface area (Å²) in [6, 6.07) is 5.86. The number of anilines is 1. The van der Waals surface area contributed by atoms with Gasteiger partial charge in [-0.05, 0) is 38.5 Å². The van der Waals surface area contributed by atoms with Crippen molar-refractivity contribution >= 4 is 5.69 Å². The predicted molar refractivity (Wildman–Crippen MR) is 65.0 cm³/mol. The Balaban J connectivity index is 2.62. The van der Waals surface area contributed by atoms with Gasteiger partial charge in [-0.15, -0.1) is 10.2 Å². The van der Waals surface area contributed by atoms with Gasteiger partial charge in [-0.25, -0.2) is 0 Å². The van der Waals surface area contributed by atoms with Crippen LogP contribution in [0.15, 0.2) is 18.2 Å². The van der Waals surface area contributed by atoms with Gasteiger partial charge in [0.05, 0.1) is 0 Å². The quantitative estimate of drug-likeness (QED) is 0.783. The van der Waals surface area contributed by atoms with Crippen molar-refractivity contribution in [1.82, 2.24) is 14.8 Å². The van der Waals surface area contributed by atoms with Crippen molar-refractivity contribution in [3.63, 3.8) is 0 Å². The van der Waals surface area contributed by atoms with E-state index in [0.29, 0.717) is 0 Å². The van der Waals surface area contributed by atoms with Crippen molar-refractivity contribution in [3.8, 4) is 11.4 Å². The molecule has 4 heteroatoms. The first kappa shape index (κ1) is 10.7. The summed E-state index contributed by atoms with van der Waals surface area (Å²) in [5, 5.41) is 8.32. The second kappa shape index (κ2) is 3.96. The third kappa shape index (κ3) is 1.66. The summed E-state index contributed by atoms with van der Waals surface area (Å²) in [5.41, 5.74) is 8.78. The minimum atomic E-state index is 0.754. The molecule has 4 nitrogen and oxygen atoms in total.